The van der Waals surface area contributed by atoms with Crippen molar-refractivity contribution in [2.45, 2.75) is 38.8 Å². The van der Waals surface area contributed by atoms with E-state index in [9.17, 15) is 9.59 Å². The van der Waals surface area contributed by atoms with E-state index in [1.807, 2.05) is 84.6 Å². The van der Waals surface area contributed by atoms with Gasteiger partial charge in [0.25, 0.3) is 5.91 Å². The highest BCUT2D eigenvalue weighted by molar-refractivity contribution is 5.98. The molecule has 1 fully saturated rings. The van der Waals surface area contributed by atoms with Gasteiger partial charge in [0.2, 0.25) is 5.91 Å². The number of hydrogen-bond acceptors (Lipinski definition) is 4. The fourth-order valence-electron chi connectivity index (χ4n) is 4.21. The van der Waals surface area contributed by atoms with Crippen LogP contribution in [0, 0.1) is 6.92 Å². The van der Waals surface area contributed by atoms with Crippen molar-refractivity contribution < 1.29 is 9.59 Å². The largest absolute Gasteiger partial charge is 0.370 e. The second-order valence-corrected chi connectivity index (χ2v) is 8.39. The third-order valence-corrected chi connectivity index (χ3v) is 5.95. The van der Waals surface area contributed by atoms with Crippen LogP contribution < -0.4 is 21.3 Å². The molecule has 0 unspecified atom stereocenters. The van der Waals surface area contributed by atoms with Crippen molar-refractivity contribution in [1.82, 2.24) is 0 Å². The molecule has 4 N–H and O–H groups in total. The van der Waals surface area contributed by atoms with Crippen LogP contribution in [0.3, 0.4) is 0 Å². The highest BCUT2D eigenvalue weighted by Crippen LogP contribution is 2.28. The average Bonchev–Trinajstić information content (AvgIpc) is 2.84. The van der Waals surface area contributed by atoms with E-state index in [-0.39, 0.29) is 11.8 Å². The minimum atomic E-state index is -0.581. The molecule has 4 rings (SSSR count). The van der Waals surface area contributed by atoms with E-state index in [1.165, 1.54) is 0 Å². The minimum absolute atomic E-state index is 0.161. The molecule has 6 nitrogen and oxygen atoms in total. The smallest absolute Gasteiger partial charge is 0.251 e. The molecule has 0 saturated carbocycles. The zero-order chi connectivity index (χ0) is 23.2. The van der Waals surface area contributed by atoms with Crippen molar-refractivity contribution in [3.8, 4) is 0 Å². The van der Waals surface area contributed by atoms with Gasteiger partial charge in [-0.05, 0) is 66.8 Å². The topological polar surface area (TPSA) is 87.5 Å². The first-order valence-electron chi connectivity index (χ1n) is 11.4. The molecule has 0 spiro atoms. The first kappa shape index (κ1) is 22.6. The summed E-state index contributed by atoms with van der Waals surface area (Å²) in [5.74, 6) is -0.00487. The summed E-state index contributed by atoms with van der Waals surface area (Å²) >= 11 is 0. The number of nitrogens with one attached hydrogen (secondary N) is 2. The molecule has 0 aliphatic carbocycles. The quantitative estimate of drug-likeness (QED) is 0.492. The predicted octanol–water partition coefficient (Wildman–Crippen LogP) is 4.76. The lowest BCUT2D eigenvalue weighted by atomic mass is 10.0. The Morgan fingerprint density at radius 2 is 1.82 bits per heavy atom. The summed E-state index contributed by atoms with van der Waals surface area (Å²) in [6.07, 6.45) is 2.55. The highest BCUT2D eigenvalue weighted by atomic mass is 16.2. The van der Waals surface area contributed by atoms with E-state index < -0.39 is 6.04 Å². The van der Waals surface area contributed by atoms with Crippen LogP contribution >= 0.6 is 0 Å². The SMILES string of the molecule is Cc1cc(NC(=O)[C@H](Nc2cccc(CN)c2)c2ccccc2)ccc1N1CCCCC1=O. The molecule has 2 amide bonds. The highest BCUT2D eigenvalue weighted by Gasteiger charge is 2.23. The summed E-state index contributed by atoms with van der Waals surface area (Å²) in [6, 6.07) is 22.5. The third kappa shape index (κ3) is 5.41. The summed E-state index contributed by atoms with van der Waals surface area (Å²) in [5.41, 5.74) is 11.0. The molecule has 33 heavy (non-hydrogen) atoms. The van der Waals surface area contributed by atoms with Crippen molar-refractivity contribution in [2.75, 3.05) is 22.1 Å². The molecule has 6 heteroatoms. The number of nitrogens with zero attached hydrogens (tertiary/aromatic N) is 1. The Hall–Kier alpha value is -3.64. The Kier molecular flexibility index (Phi) is 7.05. The zero-order valence-electron chi connectivity index (χ0n) is 18.9. The van der Waals surface area contributed by atoms with E-state index in [2.05, 4.69) is 10.6 Å². The Morgan fingerprint density at radius 3 is 2.55 bits per heavy atom. The molecule has 1 atom stereocenters. The Labute approximate surface area is 194 Å². The van der Waals surface area contributed by atoms with E-state index in [0.717, 1.165) is 47.5 Å². The van der Waals surface area contributed by atoms with Crippen molar-refractivity contribution in [3.63, 3.8) is 0 Å². The maximum Gasteiger partial charge on any atom is 0.251 e. The molecule has 0 aromatic heterocycles. The number of amides is 2. The molecule has 3 aromatic rings. The Balaban J connectivity index is 1.55. The number of aryl methyl sites for hydroxylation is 1. The van der Waals surface area contributed by atoms with Gasteiger partial charge in [-0.3, -0.25) is 9.59 Å². The zero-order valence-corrected chi connectivity index (χ0v) is 18.9. The van der Waals surface area contributed by atoms with Gasteiger partial charge in [-0.15, -0.1) is 0 Å². The number of hydrogen-bond donors (Lipinski definition) is 3. The Bertz CT molecular complexity index is 1130. The number of piperidine rings is 1. The van der Waals surface area contributed by atoms with Crippen LogP contribution in [0.5, 0.6) is 0 Å². The molecule has 170 valence electrons. The summed E-state index contributed by atoms with van der Waals surface area (Å²) in [7, 11) is 0. The molecule has 1 aliphatic heterocycles. The molecule has 1 aliphatic rings. The number of anilines is 3. The van der Waals surface area contributed by atoms with Gasteiger partial charge in [0, 0.05) is 36.6 Å². The maximum atomic E-state index is 13.4. The summed E-state index contributed by atoms with van der Waals surface area (Å²) < 4.78 is 0. The van der Waals surface area contributed by atoms with Crippen LogP contribution in [0.2, 0.25) is 0 Å². The van der Waals surface area contributed by atoms with Crippen LogP contribution in [0.1, 0.15) is 42.0 Å². The molecular weight excluding hydrogens is 412 g/mol. The standard InChI is InChI=1S/C27H30N4O2/c1-19-16-23(13-14-24(19)31-15-6-5-12-25(31)32)30-27(33)26(21-9-3-2-4-10-21)29-22-11-7-8-20(17-22)18-28/h2-4,7-11,13-14,16-17,26,29H,5-6,12,15,18,28H2,1H3,(H,30,33)/t26-/m1/s1. The van der Waals surface area contributed by atoms with Gasteiger partial charge in [-0.2, -0.15) is 0 Å². The third-order valence-electron chi connectivity index (χ3n) is 5.95. The molecule has 0 bridgehead atoms. The molecule has 0 radical (unpaired) electrons. The second kappa shape index (κ2) is 10.3. The van der Waals surface area contributed by atoms with Crippen LogP contribution in [0.4, 0.5) is 17.1 Å². The van der Waals surface area contributed by atoms with E-state index in [1.54, 1.807) is 0 Å². The first-order valence-corrected chi connectivity index (χ1v) is 11.4. The number of nitrogens with two attached hydrogens (primary N) is 1. The van der Waals surface area contributed by atoms with Crippen molar-refractivity contribution in [3.05, 3.63) is 89.5 Å². The van der Waals surface area contributed by atoms with E-state index in [0.29, 0.717) is 18.7 Å². The molecule has 3 aromatic carbocycles. The lowest BCUT2D eigenvalue weighted by Crippen LogP contribution is -2.35. The normalized spacial score (nSPS) is 14.6. The lowest BCUT2D eigenvalue weighted by Gasteiger charge is -2.28. The number of carbonyl (C=O) groups is 2. The minimum Gasteiger partial charge on any atom is -0.370 e. The van der Waals surface area contributed by atoms with Gasteiger partial charge in [0.1, 0.15) is 6.04 Å². The van der Waals surface area contributed by atoms with Gasteiger partial charge in [-0.25, -0.2) is 0 Å². The fraction of sp³-hybridized carbons (Fsp3) is 0.259. The van der Waals surface area contributed by atoms with E-state index >= 15 is 0 Å². The fourth-order valence-corrected chi connectivity index (χ4v) is 4.21. The Morgan fingerprint density at radius 1 is 1.00 bits per heavy atom. The maximum absolute atomic E-state index is 13.4. The molecule has 1 saturated heterocycles. The lowest BCUT2D eigenvalue weighted by molar-refractivity contribution is -0.119. The summed E-state index contributed by atoms with van der Waals surface area (Å²) in [5, 5.41) is 6.40. The van der Waals surface area contributed by atoms with Gasteiger partial charge in [0.15, 0.2) is 0 Å². The summed E-state index contributed by atoms with van der Waals surface area (Å²) in [6.45, 7) is 3.15. The van der Waals surface area contributed by atoms with Crippen LogP contribution in [0.25, 0.3) is 0 Å². The van der Waals surface area contributed by atoms with Gasteiger partial charge < -0.3 is 21.3 Å². The number of carbonyl (C=O) groups excluding carboxylic acids is 2. The van der Waals surface area contributed by atoms with Crippen molar-refractivity contribution >= 4 is 28.9 Å². The van der Waals surface area contributed by atoms with Crippen LogP contribution in [-0.4, -0.2) is 18.4 Å². The summed E-state index contributed by atoms with van der Waals surface area (Å²) in [4.78, 5) is 27.5. The average molecular weight is 443 g/mol. The van der Waals surface area contributed by atoms with E-state index in [4.69, 9.17) is 5.73 Å². The van der Waals surface area contributed by atoms with Crippen molar-refractivity contribution in [1.29, 1.82) is 0 Å². The monoisotopic (exact) mass is 442 g/mol. The number of benzene rings is 3. The number of rotatable bonds is 7. The predicted molar refractivity (Wildman–Crippen MR) is 133 cm³/mol. The van der Waals surface area contributed by atoms with Gasteiger partial charge in [0.05, 0.1) is 0 Å². The van der Waals surface area contributed by atoms with Crippen LogP contribution in [0.15, 0.2) is 72.8 Å². The molecular formula is C27H30N4O2. The van der Waals surface area contributed by atoms with Gasteiger partial charge in [-0.1, -0.05) is 42.5 Å². The van der Waals surface area contributed by atoms with Crippen LogP contribution in [-0.2, 0) is 16.1 Å². The van der Waals surface area contributed by atoms with Crippen molar-refractivity contribution in [2.24, 2.45) is 5.73 Å². The first-order chi connectivity index (χ1) is 16.0. The second-order valence-electron chi connectivity index (χ2n) is 8.39. The van der Waals surface area contributed by atoms with Gasteiger partial charge >= 0.3 is 0 Å². The molecule has 1 heterocycles.